The lowest BCUT2D eigenvalue weighted by Crippen LogP contribution is -2.41. The third-order valence-electron chi connectivity index (χ3n) is 2.75. The van der Waals surface area contributed by atoms with Gasteiger partial charge in [-0.3, -0.25) is 4.79 Å². The van der Waals surface area contributed by atoms with Crippen molar-refractivity contribution in [2.75, 3.05) is 13.6 Å². The van der Waals surface area contributed by atoms with E-state index in [9.17, 15) is 9.90 Å². The van der Waals surface area contributed by atoms with Crippen molar-refractivity contribution >= 4 is 5.91 Å². The van der Waals surface area contributed by atoms with E-state index in [-0.39, 0.29) is 5.91 Å². The first-order valence-corrected chi connectivity index (χ1v) is 5.17. The average Bonchev–Trinajstić information content (AvgIpc) is 2.52. The normalized spacial score (nSPS) is 20.2. The molecule has 0 heterocycles. The third kappa shape index (κ3) is 2.84. The minimum Gasteiger partial charge on any atom is -0.388 e. The van der Waals surface area contributed by atoms with E-state index in [1.165, 1.54) is 6.08 Å². The Kier molecular flexibility index (Phi) is 3.69. The Bertz CT molecular complexity index is 229. The number of likely N-dealkylation sites (N-methyl/N-ethyl adjacent to an activating group) is 1. The summed E-state index contributed by atoms with van der Waals surface area (Å²) in [6.45, 7) is 2.27. The van der Waals surface area contributed by atoms with Gasteiger partial charge in [0.2, 0.25) is 5.91 Å². The Morgan fingerprint density at radius 2 is 2.07 bits per heavy atom. The standard InChI is InChI=1S/C11H19NO2/c1-3-6-10(13)12(2)9-11(14)7-4-5-8-11/h3,6,14H,4-5,7-9H2,1-2H3/b6-3+. The van der Waals surface area contributed by atoms with E-state index in [1.807, 2.05) is 6.92 Å². The van der Waals surface area contributed by atoms with Crippen LogP contribution in [-0.4, -0.2) is 35.1 Å². The summed E-state index contributed by atoms with van der Waals surface area (Å²) in [5.74, 6) is -0.0344. The van der Waals surface area contributed by atoms with Gasteiger partial charge >= 0.3 is 0 Å². The van der Waals surface area contributed by atoms with E-state index in [2.05, 4.69) is 0 Å². The number of carbonyl (C=O) groups is 1. The zero-order valence-electron chi connectivity index (χ0n) is 8.99. The van der Waals surface area contributed by atoms with Gasteiger partial charge in [-0.25, -0.2) is 0 Å². The van der Waals surface area contributed by atoms with Gasteiger partial charge in [-0.2, -0.15) is 0 Å². The third-order valence-corrected chi connectivity index (χ3v) is 2.75. The van der Waals surface area contributed by atoms with Crippen LogP contribution in [0.15, 0.2) is 12.2 Å². The molecule has 0 aliphatic heterocycles. The molecule has 0 radical (unpaired) electrons. The molecule has 1 N–H and O–H groups in total. The molecular weight excluding hydrogens is 178 g/mol. The van der Waals surface area contributed by atoms with E-state index in [0.29, 0.717) is 6.54 Å². The molecule has 1 aliphatic rings. The van der Waals surface area contributed by atoms with Crippen molar-refractivity contribution in [1.82, 2.24) is 4.90 Å². The van der Waals surface area contributed by atoms with Gasteiger partial charge in [-0.05, 0) is 25.8 Å². The maximum atomic E-state index is 11.4. The Morgan fingerprint density at radius 3 is 2.57 bits per heavy atom. The molecule has 1 saturated carbocycles. The monoisotopic (exact) mass is 197 g/mol. The summed E-state index contributed by atoms with van der Waals surface area (Å²) in [6.07, 6.45) is 7.03. The van der Waals surface area contributed by atoms with Gasteiger partial charge in [0.25, 0.3) is 0 Å². The van der Waals surface area contributed by atoms with Crippen molar-refractivity contribution in [3.05, 3.63) is 12.2 Å². The first-order valence-electron chi connectivity index (χ1n) is 5.17. The number of carbonyl (C=O) groups excluding carboxylic acids is 1. The molecule has 0 aromatic carbocycles. The first-order chi connectivity index (χ1) is 6.57. The van der Waals surface area contributed by atoms with Gasteiger partial charge < -0.3 is 10.0 Å². The van der Waals surface area contributed by atoms with Crippen molar-refractivity contribution in [3.63, 3.8) is 0 Å². The van der Waals surface area contributed by atoms with Crippen LogP contribution in [0.1, 0.15) is 32.6 Å². The highest BCUT2D eigenvalue weighted by atomic mass is 16.3. The van der Waals surface area contributed by atoms with E-state index < -0.39 is 5.60 Å². The molecule has 0 aromatic heterocycles. The Labute approximate surface area is 85.4 Å². The van der Waals surface area contributed by atoms with Crippen LogP contribution in [0.5, 0.6) is 0 Å². The van der Waals surface area contributed by atoms with Crippen molar-refractivity contribution in [2.45, 2.75) is 38.2 Å². The predicted molar refractivity (Wildman–Crippen MR) is 55.9 cm³/mol. The molecule has 0 bridgehead atoms. The quantitative estimate of drug-likeness (QED) is 0.693. The topological polar surface area (TPSA) is 40.5 Å². The predicted octanol–water partition coefficient (Wildman–Crippen LogP) is 1.33. The van der Waals surface area contributed by atoms with Crippen molar-refractivity contribution in [1.29, 1.82) is 0 Å². The summed E-state index contributed by atoms with van der Waals surface area (Å²) in [5.41, 5.74) is -0.633. The maximum Gasteiger partial charge on any atom is 0.246 e. The Balaban J connectivity index is 2.46. The van der Waals surface area contributed by atoms with Gasteiger partial charge in [0, 0.05) is 13.6 Å². The smallest absolute Gasteiger partial charge is 0.246 e. The van der Waals surface area contributed by atoms with Crippen LogP contribution in [0.3, 0.4) is 0 Å². The van der Waals surface area contributed by atoms with E-state index in [4.69, 9.17) is 0 Å². The van der Waals surface area contributed by atoms with Crippen molar-refractivity contribution in [2.24, 2.45) is 0 Å². The highest BCUT2D eigenvalue weighted by Crippen LogP contribution is 2.29. The number of allylic oxidation sites excluding steroid dienone is 1. The fraction of sp³-hybridized carbons (Fsp3) is 0.727. The van der Waals surface area contributed by atoms with Gasteiger partial charge in [-0.15, -0.1) is 0 Å². The molecule has 14 heavy (non-hydrogen) atoms. The van der Waals surface area contributed by atoms with Crippen LogP contribution in [0, 0.1) is 0 Å². The molecule has 0 atom stereocenters. The second-order valence-corrected chi connectivity index (χ2v) is 4.13. The van der Waals surface area contributed by atoms with Crippen LogP contribution in [0.25, 0.3) is 0 Å². The molecule has 1 aliphatic carbocycles. The molecule has 0 spiro atoms. The summed E-state index contributed by atoms with van der Waals surface area (Å²) in [5, 5.41) is 10.1. The van der Waals surface area contributed by atoms with Crippen LogP contribution in [0.4, 0.5) is 0 Å². The summed E-state index contributed by atoms with van der Waals surface area (Å²) in [4.78, 5) is 13.0. The second-order valence-electron chi connectivity index (χ2n) is 4.13. The maximum absolute atomic E-state index is 11.4. The lowest BCUT2D eigenvalue weighted by atomic mass is 10.0. The number of hydrogen-bond acceptors (Lipinski definition) is 2. The first kappa shape index (κ1) is 11.2. The summed E-state index contributed by atoms with van der Waals surface area (Å²) >= 11 is 0. The van der Waals surface area contributed by atoms with E-state index in [0.717, 1.165) is 25.7 Å². The Hall–Kier alpha value is -0.830. The van der Waals surface area contributed by atoms with Gasteiger partial charge in [0.05, 0.1) is 5.60 Å². The summed E-state index contributed by atoms with van der Waals surface area (Å²) < 4.78 is 0. The number of hydrogen-bond donors (Lipinski definition) is 1. The van der Waals surface area contributed by atoms with Crippen molar-refractivity contribution in [3.8, 4) is 0 Å². The fourth-order valence-corrected chi connectivity index (χ4v) is 1.98. The van der Waals surface area contributed by atoms with Gasteiger partial charge in [0.1, 0.15) is 0 Å². The molecule has 1 amide bonds. The van der Waals surface area contributed by atoms with Crippen LogP contribution in [0.2, 0.25) is 0 Å². The minimum atomic E-state index is -0.633. The molecule has 0 saturated heterocycles. The van der Waals surface area contributed by atoms with Gasteiger partial charge in [0.15, 0.2) is 0 Å². The SMILES string of the molecule is C/C=C/C(=O)N(C)CC1(O)CCCC1. The zero-order chi connectivity index (χ0) is 10.6. The number of amides is 1. The molecule has 0 unspecified atom stereocenters. The van der Waals surface area contributed by atoms with E-state index >= 15 is 0 Å². The summed E-state index contributed by atoms with van der Waals surface area (Å²) in [7, 11) is 1.73. The average molecular weight is 197 g/mol. The summed E-state index contributed by atoms with van der Waals surface area (Å²) in [6, 6.07) is 0. The Morgan fingerprint density at radius 1 is 1.50 bits per heavy atom. The number of aliphatic hydroxyl groups is 1. The fourth-order valence-electron chi connectivity index (χ4n) is 1.98. The highest BCUT2D eigenvalue weighted by Gasteiger charge is 2.32. The number of nitrogens with zero attached hydrogens (tertiary/aromatic N) is 1. The zero-order valence-corrected chi connectivity index (χ0v) is 8.99. The van der Waals surface area contributed by atoms with Crippen molar-refractivity contribution < 1.29 is 9.90 Å². The number of rotatable bonds is 3. The molecule has 3 nitrogen and oxygen atoms in total. The molecule has 1 fully saturated rings. The van der Waals surface area contributed by atoms with Crippen LogP contribution in [-0.2, 0) is 4.79 Å². The highest BCUT2D eigenvalue weighted by molar-refractivity contribution is 5.87. The van der Waals surface area contributed by atoms with Gasteiger partial charge in [-0.1, -0.05) is 18.9 Å². The molecule has 80 valence electrons. The molecule has 3 heteroatoms. The van der Waals surface area contributed by atoms with E-state index in [1.54, 1.807) is 18.0 Å². The second kappa shape index (κ2) is 4.60. The molecule has 0 aromatic rings. The largest absolute Gasteiger partial charge is 0.388 e. The lowest BCUT2D eigenvalue weighted by Gasteiger charge is -2.27. The van der Waals surface area contributed by atoms with Crippen LogP contribution < -0.4 is 0 Å². The van der Waals surface area contributed by atoms with Crippen LogP contribution >= 0.6 is 0 Å². The molecular formula is C11H19NO2. The lowest BCUT2D eigenvalue weighted by molar-refractivity contribution is -0.128. The molecule has 1 rings (SSSR count). The minimum absolute atomic E-state index is 0.0344.